The second-order valence-corrected chi connectivity index (χ2v) is 6.25. The molecule has 0 N–H and O–H groups in total. The Morgan fingerprint density at radius 3 is 2.53 bits per heavy atom. The van der Waals surface area contributed by atoms with Crippen LogP contribution in [0.3, 0.4) is 0 Å². The quantitative estimate of drug-likeness (QED) is 0.778. The number of nitrogens with zero attached hydrogens (tertiary/aromatic N) is 1. The van der Waals surface area contributed by atoms with Gasteiger partial charge in [0.2, 0.25) is 10.0 Å². The Bertz CT molecular complexity index is 574. The van der Waals surface area contributed by atoms with E-state index in [1.807, 2.05) is 0 Å². The van der Waals surface area contributed by atoms with Crippen LogP contribution in [0.25, 0.3) is 0 Å². The summed E-state index contributed by atoms with van der Waals surface area (Å²) in [4.78, 5) is 11.1. The topological polar surface area (TPSA) is 63.7 Å². The Hall–Kier alpha value is -0.820. The smallest absolute Gasteiger partial charge is 0.321 e. The average molecular weight is 326 g/mol. The highest BCUT2D eigenvalue weighted by Gasteiger charge is 2.28. The van der Waals surface area contributed by atoms with Crippen LogP contribution in [0.4, 0.5) is 0 Å². The van der Waals surface area contributed by atoms with Crippen molar-refractivity contribution in [3.63, 3.8) is 0 Å². The number of hydrogen-bond acceptors (Lipinski definition) is 4. The van der Waals surface area contributed by atoms with Crippen LogP contribution in [0.5, 0.6) is 0 Å². The highest BCUT2D eigenvalue weighted by atomic mass is 35.5. The number of ether oxygens (including phenoxy) is 1. The van der Waals surface area contributed by atoms with Gasteiger partial charge in [-0.25, -0.2) is 8.42 Å². The molecule has 0 radical (unpaired) electrons. The maximum absolute atomic E-state index is 12.4. The molecular formula is C11H13Cl2NO4S. The lowest BCUT2D eigenvalue weighted by Gasteiger charge is -2.20. The highest BCUT2D eigenvalue weighted by Crippen LogP contribution is 2.30. The standard InChI is InChI=1S/C11H13Cl2NO4S/c1-3-14(7-10(15)18-2)19(16,17)9-6-4-5-8(12)11(9)13/h4-6H,3,7H2,1-2H3. The van der Waals surface area contributed by atoms with Crippen molar-refractivity contribution in [2.24, 2.45) is 0 Å². The molecule has 0 saturated carbocycles. The van der Waals surface area contributed by atoms with E-state index < -0.39 is 16.0 Å². The molecule has 0 fully saturated rings. The summed E-state index contributed by atoms with van der Waals surface area (Å²) in [5.74, 6) is -0.649. The molecule has 8 heteroatoms. The number of methoxy groups -OCH3 is 1. The summed E-state index contributed by atoms with van der Waals surface area (Å²) in [6.07, 6.45) is 0. The van der Waals surface area contributed by atoms with Crippen LogP contribution < -0.4 is 0 Å². The molecule has 0 unspecified atom stereocenters. The summed E-state index contributed by atoms with van der Waals surface area (Å²) in [5.41, 5.74) is 0. The van der Waals surface area contributed by atoms with E-state index in [4.69, 9.17) is 23.2 Å². The lowest BCUT2D eigenvalue weighted by atomic mass is 10.4. The van der Waals surface area contributed by atoms with Gasteiger partial charge in [0, 0.05) is 6.54 Å². The number of carbonyl (C=O) groups is 1. The minimum Gasteiger partial charge on any atom is -0.468 e. The van der Waals surface area contributed by atoms with Crippen molar-refractivity contribution in [1.29, 1.82) is 0 Å². The number of carbonyl (C=O) groups excluding carboxylic acids is 1. The Morgan fingerprint density at radius 2 is 2.00 bits per heavy atom. The molecule has 1 aromatic carbocycles. The molecule has 0 heterocycles. The molecule has 19 heavy (non-hydrogen) atoms. The van der Waals surface area contributed by atoms with E-state index in [0.717, 1.165) is 4.31 Å². The van der Waals surface area contributed by atoms with Crippen molar-refractivity contribution in [2.75, 3.05) is 20.2 Å². The monoisotopic (exact) mass is 325 g/mol. The number of hydrogen-bond donors (Lipinski definition) is 0. The molecule has 1 rings (SSSR count). The number of sulfonamides is 1. The lowest BCUT2D eigenvalue weighted by molar-refractivity contribution is -0.140. The van der Waals surface area contributed by atoms with Crippen molar-refractivity contribution >= 4 is 39.2 Å². The van der Waals surface area contributed by atoms with Gasteiger partial charge in [-0.3, -0.25) is 4.79 Å². The normalized spacial score (nSPS) is 11.6. The maximum Gasteiger partial charge on any atom is 0.321 e. The molecule has 0 saturated heterocycles. The Kier molecular flexibility index (Phi) is 5.61. The molecule has 1 aromatic rings. The number of rotatable bonds is 5. The van der Waals surface area contributed by atoms with Crippen molar-refractivity contribution in [1.82, 2.24) is 4.31 Å². The van der Waals surface area contributed by atoms with Crippen molar-refractivity contribution < 1.29 is 17.9 Å². The number of esters is 1. The van der Waals surface area contributed by atoms with Crippen molar-refractivity contribution in [2.45, 2.75) is 11.8 Å². The summed E-state index contributed by atoms with van der Waals surface area (Å²) in [7, 11) is -2.70. The van der Waals surface area contributed by atoms with Crippen LogP contribution in [0.2, 0.25) is 10.0 Å². The van der Waals surface area contributed by atoms with Gasteiger partial charge in [-0.1, -0.05) is 36.2 Å². The Morgan fingerprint density at radius 1 is 1.37 bits per heavy atom. The summed E-state index contributed by atoms with van der Waals surface area (Å²) in [6, 6.07) is 4.30. The molecule has 0 amide bonds. The van der Waals surface area contributed by atoms with Gasteiger partial charge in [0.15, 0.2) is 0 Å². The van der Waals surface area contributed by atoms with Crippen molar-refractivity contribution in [3.8, 4) is 0 Å². The van der Waals surface area contributed by atoms with Gasteiger partial charge in [0.25, 0.3) is 0 Å². The molecule has 0 aliphatic rings. The first-order valence-electron chi connectivity index (χ1n) is 5.35. The number of likely N-dealkylation sites (N-methyl/N-ethyl adjacent to an activating group) is 1. The minimum atomic E-state index is -3.89. The zero-order valence-corrected chi connectivity index (χ0v) is 12.7. The second kappa shape index (κ2) is 6.56. The molecule has 0 aromatic heterocycles. The second-order valence-electron chi connectivity index (χ2n) is 3.56. The van der Waals surface area contributed by atoms with Crippen LogP contribution in [-0.2, 0) is 19.6 Å². The van der Waals surface area contributed by atoms with Crippen LogP contribution in [0.15, 0.2) is 23.1 Å². The van der Waals surface area contributed by atoms with Gasteiger partial charge >= 0.3 is 5.97 Å². The van der Waals surface area contributed by atoms with Gasteiger partial charge in [-0.15, -0.1) is 0 Å². The zero-order valence-electron chi connectivity index (χ0n) is 10.4. The SMILES string of the molecule is CCN(CC(=O)OC)S(=O)(=O)c1cccc(Cl)c1Cl. The van der Waals surface area contributed by atoms with E-state index in [2.05, 4.69) is 4.74 Å². The predicted octanol–water partition coefficient (Wildman–Crippen LogP) is 2.18. The van der Waals surface area contributed by atoms with Gasteiger partial charge < -0.3 is 4.74 Å². The average Bonchev–Trinajstić information content (AvgIpc) is 2.38. The van der Waals surface area contributed by atoms with Gasteiger partial charge in [-0.05, 0) is 12.1 Å². The fourth-order valence-electron chi connectivity index (χ4n) is 1.40. The fourth-order valence-corrected chi connectivity index (χ4v) is 3.53. The molecule has 0 bridgehead atoms. The molecule has 0 aliphatic carbocycles. The first-order valence-corrected chi connectivity index (χ1v) is 7.55. The molecule has 0 spiro atoms. The molecule has 5 nitrogen and oxygen atoms in total. The first-order chi connectivity index (χ1) is 8.84. The molecule has 106 valence electrons. The largest absolute Gasteiger partial charge is 0.468 e. The Balaban J connectivity index is 3.21. The van der Waals surface area contributed by atoms with Crippen LogP contribution in [0, 0.1) is 0 Å². The highest BCUT2D eigenvalue weighted by molar-refractivity contribution is 7.89. The zero-order chi connectivity index (χ0) is 14.6. The van der Waals surface area contributed by atoms with Crippen molar-refractivity contribution in [3.05, 3.63) is 28.2 Å². The van der Waals surface area contributed by atoms with E-state index in [1.165, 1.54) is 25.3 Å². The van der Waals surface area contributed by atoms with Crippen LogP contribution in [-0.4, -0.2) is 38.9 Å². The van der Waals surface area contributed by atoms with E-state index in [1.54, 1.807) is 6.92 Å². The fraction of sp³-hybridized carbons (Fsp3) is 0.364. The van der Waals surface area contributed by atoms with E-state index in [-0.39, 0.29) is 28.0 Å². The van der Waals surface area contributed by atoms with Crippen LogP contribution >= 0.6 is 23.2 Å². The molecular weight excluding hydrogens is 313 g/mol. The van der Waals surface area contributed by atoms with E-state index >= 15 is 0 Å². The third-order valence-electron chi connectivity index (χ3n) is 2.42. The van der Waals surface area contributed by atoms with Crippen LogP contribution in [0.1, 0.15) is 6.92 Å². The predicted molar refractivity (Wildman–Crippen MR) is 72.9 cm³/mol. The minimum absolute atomic E-state index is 0.0625. The number of halogens is 2. The molecule has 0 aliphatic heterocycles. The van der Waals surface area contributed by atoms with Gasteiger partial charge in [0.05, 0.1) is 17.2 Å². The summed E-state index contributed by atoms with van der Waals surface area (Å²) in [6.45, 7) is 1.34. The third-order valence-corrected chi connectivity index (χ3v) is 5.31. The third kappa shape index (κ3) is 3.60. The summed E-state index contributed by atoms with van der Waals surface area (Å²) in [5, 5.41) is 0.0735. The first kappa shape index (κ1) is 16.2. The summed E-state index contributed by atoms with van der Waals surface area (Å²) < 4.78 is 30.2. The molecule has 0 atom stereocenters. The van der Waals surface area contributed by atoms with Gasteiger partial charge in [0.1, 0.15) is 11.4 Å². The summed E-state index contributed by atoms with van der Waals surface area (Å²) >= 11 is 11.7. The van der Waals surface area contributed by atoms with Gasteiger partial charge in [-0.2, -0.15) is 4.31 Å². The van der Waals surface area contributed by atoms with E-state index in [0.29, 0.717) is 0 Å². The Labute approximate surface area is 122 Å². The maximum atomic E-state index is 12.4. The lowest BCUT2D eigenvalue weighted by Crippen LogP contribution is -2.36. The van der Waals surface area contributed by atoms with E-state index in [9.17, 15) is 13.2 Å². The number of benzene rings is 1.